The number of urea groups is 1. The lowest BCUT2D eigenvalue weighted by Crippen LogP contribution is -2.49. The van der Waals surface area contributed by atoms with Crippen LogP contribution in [0.4, 0.5) is 4.79 Å². The zero-order valence-electron chi connectivity index (χ0n) is 12.0. The summed E-state index contributed by atoms with van der Waals surface area (Å²) in [4.78, 5) is 25.0. The lowest BCUT2D eigenvalue weighted by molar-refractivity contribution is -0.139. The maximum Gasteiger partial charge on any atom is 0.326 e. The molecular weight excluding hydrogens is 244 g/mol. The van der Waals surface area contributed by atoms with Gasteiger partial charge in [-0.3, -0.25) is 0 Å². The number of hydrogen-bond donors (Lipinski definition) is 2. The summed E-state index contributed by atoms with van der Waals surface area (Å²) in [6, 6.07) is -1.01. The first kappa shape index (κ1) is 15.8. The monoisotopic (exact) mass is 270 g/mol. The van der Waals surface area contributed by atoms with Crippen LogP contribution in [0.25, 0.3) is 0 Å². The number of carboxylic acids is 1. The average Bonchev–Trinajstić information content (AvgIpc) is 2.26. The molecule has 1 saturated heterocycles. The van der Waals surface area contributed by atoms with Gasteiger partial charge in [-0.05, 0) is 25.2 Å². The van der Waals surface area contributed by atoms with Gasteiger partial charge in [-0.2, -0.15) is 0 Å². The van der Waals surface area contributed by atoms with Crippen LogP contribution in [0.5, 0.6) is 0 Å². The summed E-state index contributed by atoms with van der Waals surface area (Å²) < 4.78 is 0. The summed E-state index contributed by atoms with van der Waals surface area (Å²) in [7, 11) is 0. The molecule has 1 rings (SSSR count). The summed E-state index contributed by atoms with van der Waals surface area (Å²) >= 11 is 0. The Balaban J connectivity index is 2.51. The van der Waals surface area contributed by atoms with E-state index in [0.717, 1.165) is 38.8 Å². The molecule has 19 heavy (non-hydrogen) atoms. The maximum atomic E-state index is 12.1. The number of carboxylic acid groups (broad SMARTS) is 1. The molecule has 0 unspecified atom stereocenters. The Morgan fingerprint density at radius 2 is 1.63 bits per heavy atom. The quantitative estimate of drug-likeness (QED) is 0.824. The van der Waals surface area contributed by atoms with Gasteiger partial charge in [0.05, 0.1) is 0 Å². The molecule has 1 atom stereocenters. The highest BCUT2D eigenvalue weighted by molar-refractivity contribution is 5.82. The third kappa shape index (κ3) is 5.94. The topological polar surface area (TPSA) is 69.6 Å². The Bertz CT molecular complexity index is 297. The van der Waals surface area contributed by atoms with Crippen molar-refractivity contribution in [2.24, 2.45) is 5.92 Å². The van der Waals surface area contributed by atoms with Gasteiger partial charge < -0.3 is 15.3 Å². The van der Waals surface area contributed by atoms with Crippen LogP contribution < -0.4 is 5.32 Å². The van der Waals surface area contributed by atoms with Gasteiger partial charge in [-0.1, -0.05) is 33.1 Å². The van der Waals surface area contributed by atoms with Crippen LogP contribution in [0.3, 0.4) is 0 Å². The highest BCUT2D eigenvalue weighted by atomic mass is 16.4. The van der Waals surface area contributed by atoms with Crippen LogP contribution in [0.15, 0.2) is 0 Å². The predicted molar refractivity (Wildman–Crippen MR) is 74.1 cm³/mol. The molecule has 110 valence electrons. The van der Waals surface area contributed by atoms with Crippen molar-refractivity contribution in [3.63, 3.8) is 0 Å². The van der Waals surface area contributed by atoms with Crippen molar-refractivity contribution >= 4 is 12.0 Å². The zero-order valence-corrected chi connectivity index (χ0v) is 12.0. The van der Waals surface area contributed by atoms with Gasteiger partial charge in [0, 0.05) is 13.1 Å². The normalized spacial score (nSPS) is 18.6. The van der Waals surface area contributed by atoms with Crippen molar-refractivity contribution < 1.29 is 14.7 Å². The molecule has 2 amide bonds. The van der Waals surface area contributed by atoms with E-state index in [1.165, 1.54) is 6.42 Å². The summed E-state index contributed by atoms with van der Waals surface area (Å²) in [6.07, 6.45) is 6.02. The number of nitrogens with one attached hydrogen (secondary N) is 1. The first-order valence-corrected chi connectivity index (χ1v) is 7.29. The fourth-order valence-corrected chi connectivity index (χ4v) is 2.38. The van der Waals surface area contributed by atoms with Gasteiger partial charge in [0.25, 0.3) is 0 Å². The van der Waals surface area contributed by atoms with E-state index in [4.69, 9.17) is 5.11 Å². The molecule has 0 bridgehead atoms. The SMILES string of the molecule is CC(C)C[C@H](NC(=O)N1CCCCCCC1)C(=O)O. The molecule has 0 aliphatic carbocycles. The standard InChI is InChI=1S/C14H26N2O3/c1-11(2)10-12(13(17)18)15-14(19)16-8-6-4-3-5-7-9-16/h11-12H,3-10H2,1-2H3,(H,15,19)(H,17,18)/t12-/m0/s1. The van der Waals surface area contributed by atoms with Gasteiger partial charge >= 0.3 is 12.0 Å². The number of carbonyl (C=O) groups is 2. The molecule has 1 aliphatic rings. The molecule has 1 heterocycles. The fourth-order valence-electron chi connectivity index (χ4n) is 2.38. The number of rotatable bonds is 4. The molecule has 1 aliphatic heterocycles. The van der Waals surface area contributed by atoms with Crippen molar-refractivity contribution in [2.75, 3.05) is 13.1 Å². The Kier molecular flexibility index (Phi) is 6.67. The first-order chi connectivity index (χ1) is 9.00. The fraction of sp³-hybridized carbons (Fsp3) is 0.857. The number of likely N-dealkylation sites (tertiary alicyclic amines) is 1. The van der Waals surface area contributed by atoms with Crippen molar-refractivity contribution in [3.05, 3.63) is 0 Å². The summed E-state index contributed by atoms with van der Waals surface area (Å²) in [5, 5.41) is 11.8. The first-order valence-electron chi connectivity index (χ1n) is 7.29. The van der Waals surface area contributed by atoms with E-state index in [0.29, 0.717) is 6.42 Å². The second kappa shape index (κ2) is 8.02. The maximum absolute atomic E-state index is 12.1. The number of nitrogens with zero attached hydrogens (tertiary/aromatic N) is 1. The summed E-state index contributed by atoms with van der Waals surface area (Å²) in [5.41, 5.74) is 0. The molecule has 0 saturated carbocycles. The van der Waals surface area contributed by atoms with Crippen molar-refractivity contribution in [1.82, 2.24) is 10.2 Å². The Labute approximate surface area is 115 Å². The molecule has 0 radical (unpaired) electrons. The molecule has 2 N–H and O–H groups in total. The molecule has 0 aromatic rings. The largest absolute Gasteiger partial charge is 0.480 e. The lowest BCUT2D eigenvalue weighted by Gasteiger charge is -2.27. The molecule has 5 nitrogen and oxygen atoms in total. The van der Waals surface area contributed by atoms with Crippen molar-refractivity contribution in [1.29, 1.82) is 0 Å². The van der Waals surface area contributed by atoms with E-state index in [9.17, 15) is 9.59 Å². The van der Waals surface area contributed by atoms with Gasteiger partial charge in [0.1, 0.15) is 6.04 Å². The number of amides is 2. The molecule has 5 heteroatoms. The van der Waals surface area contributed by atoms with Gasteiger partial charge in [-0.25, -0.2) is 9.59 Å². The highest BCUT2D eigenvalue weighted by Gasteiger charge is 2.24. The lowest BCUT2D eigenvalue weighted by atomic mass is 10.0. The molecule has 0 aromatic heterocycles. The zero-order chi connectivity index (χ0) is 14.3. The van der Waals surface area contributed by atoms with Crippen LogP contribution in [0, 0.1) is 5.92 Å². The second-order valence-corrected chi connectivity index (χ2v) is 5.72. The van der Waals surface area contributed by atoms with Crippen LogP contribution in [0.2, 0.25) is 0 Å². The Hall–Kier alpha value is -1.26. The molecule has 1 fully saturated rings. The molecular formula is C14H26N2O3. The van der Waals surface area contributed by atoms with Crippen LogP contribution >= 0.6 is 0 Å². The minimum absolute atomic E-state index is 0.227. The van der Waals surface area contributed by atoms with E-state index in [-0.39, 0.29) is 11.9 Å². The Morgan fingerprint density at radius 3 is 2.11 bits per heavy atom. The van der Waals surface area contributed by atoms with Crippen molar-refractivity contribution in [3.8, 4) is 0 Å². The third-order valence-corrected chi connectivity index (χ3v) is 3.45. The van der Waals surface area contributed by atoms with Crippen LogP contribution in [-0.2, 0) is 4.79 Å². The second-order valence-electron chi connectivity index (χ2n) is 5.72. The third-order valence-electron chi connectivity index (χ3n) is 3.45. The van der Waals surface area contributed by atoms with Crippen LogP contribution in [0.1, 0.15) is 52.4 Å². The average molecular weight is 270 g/mol. The smallest absolute Gasteiger partial charge is 0.326 e. The van der Waals surface area contributed by atoms with E-state index in [2.05, 4.69) is 5.32 Å². The van der Waals surface area contributed by atoms with Gasteiger partial charge in [-0.15, -0.1) is 0 Å². The number of carbonyl (C=O) groups excluding carboxylic acids is 1. The summed E-state index contributed by atoms with van der Waals surface area (Å²) in [5.74, 6) is -0.706. The minimum Gasteiger partial charge on any atom is -0.480 e. The van der Waals surface area contributed by atoms with Crippen LogP contribution in [-0.4, -0.2) is 41.1 Å². The highest BCUT2D eigenvalue weighted by Crippen LogP contribution is 2.11. The van der Waals surface area contributed by atoms with Crippen molar-refractivity contribution in [2.45, 2.75) is 58.4 Å². The van der Waals surface area contributed by atoms with E-state index in [1.807, 2.05) is 13.8 Å². The van der Waals surface area contributed by atoms with Gasteiger partial charge in [0.2, 0.25) is 0 Å². The van der Waals surface area contributed by atoms with E-state index < -0.39 is 12.0 Å². The molecule has 0 aromatic carbocycles. The van der Waals surface area contributed by atoms with E-state index >= 15 is 0 Å². The molecule has 0 spiro atoms. The van der Waals surface area contributed by atoms with Gasteiger partial charge in [0.15, 0.2) is 0 Å². The minimum atomic E-state index is -0.950. The Morgan fingerprint density at radius 1 is 1.11 bits per heavy atom. The predicted octanol–water partition coefficient (Wildman–Crippen LogP) is 2.46. The van der Waals surface area contributed by atoms with E-state index in [1.54, 1.807) is 4.90 Å². The summed E-state index contributed by atoms with van der Waals surface area (Å²) in [6.45, 7) is 5.39. The number of aliphatic carboxylic acids is 1. The number of hydrogen-bond acceptors (Lipinski definition) is 2.